The van der Waals surface area contributed by atoms with Crippen LogP contribution >= 0.6 is 0 Å². The van der Waals surface area contributed by atoms with E-state index in [1.165, 1.54) is 60.1 Å². The van der Waals surface area contributed by atoms with Crippen molar-refractivity contribution >= 4 is 72.1 Å². The second-order valence-corrected chi connectivity index (χ2v) is 18.6. The maximum Gasteiger partial charge on any atom is 0.187 e. The molecule has 1 aliphatic rings. The van der Waals surface area contributed by atoms with Gasteiger partial charge in [-0.1, -0.05) is 123 Å². The zero-order valence-corrected chi connectivity index (χ0v) is 38.6. The van der Waals surface area contributed by atoms with Crippen molar-refractivity contribution in [3.63, 3.8) is 0 Å². The van der Waals surface area contributed by atoms with Gasteiger partial charge >= 0.3 is 0 Å². The van der Waals surface area contributed by atoms with Gasteiger partial charge in [-0.25, -0.2) is 4.85 Å². The lowest BCUT2D eigenvalue weighted by molar-refractivity contribution is 0.645. The molecular weight excluding hydrogens is 813 g/mol. The first-order valence-corrected chi connectivity index (χ1v) is 22.9. The number of aryl methyl sites for hydroxylation is 4. The molecule has 67 heavy (non-hydrogen) atoms. The average molecular weight is 861 g/mol. The van der Waals surface area contributed by atoms with Crippen LogP contribution in [0.2, 0.25) is 0 Å². The van der Waals surface area contributed by atoms with Crippen LogP contribution in [-0.2, 0) is 5.41 Å². The van der Waals surface area contributed by atoms with Gasteiger partial charge in [-0.15, -0.1) is 0 Å². The zero-order chi connectivity index (χ0) is 46.1. The Balaban J connectivity index is 1.08. The van der Waals surface area contributed by atoms with Crippen molar-refractivity contribution in [3.05, 3.63) is 232 Å². The number of rotatable bonds is 7. The maximum atomic E-state index is 9.82. The van der Waals surface area contributed by atoms with Crippen molar-refractivity contribution in [1.82, 2.24) is 0 Å². The van der Waals surface area contributed by atoms with Crippen molar-refractivity contribution in [3.8, 4) is 28.3 Å². The third-order valence-electron chi connectivity index (χ3n) is 14.0. The van der Waals surface area contributed by atoms with Gasteiger partial charge in [0, 0.05) is 33.9 Å². The molecule has 4 nitrogen and oxygen atoms in total. The fourth-order valence-electron chi connectivity index (χ4n) is 11.1. The maximum absolute atomic E-state index is 9.82. The number of benzene rings is 10. The second kappa shape index (κ2) is 15.9. The molecule has 0 saturated carbocycles. The Kier molecular flexibility index (Phi) is 9.81. The third-order valence-corrected chi connectivity index (χ3v) is 14.0. The van der Waals surface area contributed by atoms with Crippen LogP contribution < -0.4 is 9.80 Å². The molecule has 4 heteroatoms. The minimum Gasteiger partial charge on any atom is -0.310 e. The number of fused-ring (bicyclic) bond motifs is 6. The van der Waals surface area contributed by atoms with Crippen LogP contribution in [0.4, 0.5) is 39.8 Å². The van der Waals surface area contributed by atoms with Gasteiger partial charge in [0.05, 0.1) is 23.9 Å². The molecule has 0 spiro atoms. The van der Waals surface area contributed by atoms with Crippen LogP contribution in [-0.4, -0.2) is 0 Å². The highest BCUT2D eigenvalue weighted by molar-refractivity contribution is 6.25. The molecule has 320 valence electrons. The zero-order valence-electron chi connectivity index (χ0n) is 38.6. The van der Waals surface area contributed by atoms with Crippen molar-refractivity contribution in [1.29, 1.82) is 5.26 Å². The van der Waals surface area contributed by atoms with Crippen LogP contribution in [0, 0.1) is 45.6 Å². The van der Waals surface area contributed by atoms with Crippen molar-refractivity contribution < 1.29 is 0 Å². The first-order valence-electron chi connectivity index (χ1n) is 22.9. The highest BCUT2D eigenvalue weighted by Gasteiger charge is 2.35. The van der Waals surface area contributed by atoms with Gasteiger partial charge in [0.1, 0.15) is 0 Å². The summed E-state index contributed by atoms with van der Waals surface area (Å²) < 4.78 is 0. The van der Waals surface area contributed by atoms with Gasteiger partial charge in [0.25, 0.3) is 0 Å². The third kappa shape index (κ3) is 6.64. The van der Waals surface area contributed by atoms with E-state index >= 15 is 0 Å². The average Bonchev–Trinajstić information content (AvgIpc) is 3.35. The van der Waals surface area contributed by atoms with Crippen LogP contribution in [0.15, 0.2) is 182 Å². The molecule has 11 rings (SSSR count). The first kappa shape index (κ1) is 41.3. The molecule has 0 aromatic heterocycles. The number of nitrogens with zero attached hydrogens (tertiary/aromatic N) is 4. The lowest BCUT2D eigenvalue weighted by Crippen LogP contribution is -2.24. The van der Waals surface area contributed by atoms with E-state index in [9.17, 15) is 5.26 Å². The summed E-state index contributed by atoms with van der Waals surface area (Å²) in [6.07, 6.45) is 0. The Labute approximate surface area is 393 Å². The molecular formula is C63H48N4. The second-order valence-electron chi connectivity index (χ2n) is 18.6. The lowest BCUT2D eigenvalue weighted by Gasteiger charge is -2.37. The molecule has 0 unspecified atom stereocenters. The fraction of sp³-hybridized carbons (Fsp3) is 0.111. The van der Waals surface area contributed by atoms with E-state index in [1.807, 2.05) is 30.3 Å². The highest BCUT2D eigenvalue weighted by Crippen LogP contribution is 2.53. The molecule has 0 radical (unpaired) electrons. The molecule has 10 aromatic carbocycles. The number of para-hydroxylation sites is 2. The summed E-state index contributed by atoms with van der Waals surface area (Å²) >= 11 is 0. The van der Waals surface area contributed by atoms with Crippen molar-refractivity contribution in [2.24, 2.45) is 0 Å². The molecule has 0 atom stereocenters. The molecule has 0 saturated heterocycles. The minimum absolute atomic E-state index is 0.310. The Morgan fingerprint density at radius 1 is 0.448 bits per heavy atom. The molecule has 0 amide bonds. The Hall–Kier alpha value is -8.44. The summed E-state index contributed by atoms with van der Waals surface area (Å²) in [5.41, 5.74) is 19.2. The van der Waals surface area contributed by atoms with Gasteiger partial charge in [-0.3, -0.25) is 0 Å². The summed E-state index contributed by atoms with van der Waals surface area (Å²) in [4.78, 5) is 8.41. The molecule has 0 heterocycles. The normalized spacial score (nSPS) is 12.4. The molecule has 1 aliphatic carbocycles. The van der Waals surface area contributed by atoms with Gasteiger partial charge in [-0.05, 0) is 188 Å². The smallest absolute Gasteiger partial charge is 0.187 e. The van der Waals surface area contributed by atoms with Gasteiger partial charge in [-0.2, -0.15) is 5.26 Å². The monoisotopic (exact) mass is 860 g/mol. The molecule has 0 aliphatic heterocycles. The highest BCUT2D eigenvalue weighted by atomic mass is 15.2. The Bertz CT molecular complexity index is 3670. The van der Waals surface area contributed by atoms with E-state index in [1.54, 1.807) is 0 Å². The summed E-state index contributed by atoms with van der Waals surface area (Å²) in [6.45, 7) is 20.8. The van der Waals surface area contributed by atoms with Crippen molar-refractivity contribution in [2.45, 2.75) is 47.0 Å². The van der Waals surface area contributed by atoms with E-state index in [-0.39, 0.29) is 5.41 Å². The predicted octanol–water partition coefficient (Wildman–Crippen LogP) is 17.7. The van der Waals surface area contributed by atoms with E-state index in [0.29, 0.717) is 11.3 Å². The van der Waals surface area contributed by atoms with E-state index < -0.39 is 0 Å². The van der Waals surface area contributed by atoms with Crippen LogP contribution in [0.3, 0.4) is 0 Å². The van der Waals surface area contributed by atoms with Gasteiger partial charge in [0.15, 0.2) is 5.69 Å². The van der Waals surface area contributed by atoms with Crippen LogP contribution in [0.1, 0.15) is 52.8 Å². The Morgan fingerprint density at radius 3 is 1.57 bits per heavy atom. The quantitative estimate of drug-likeness (QED) is 0.118. The molecule has 0 N–H and O–H groups in total. The van der Waals surface area contributed by atoms with Crippen molar-refractivity contribution in [2.75, 3.05) is 9.80 Å². The summed E-state index contributed by atoms with van der Waals surface area (Å²) in [7, 11) is 0. The number of hydrogen-bond donors (Lipinski definition) is 0. The summed E-state index contributed by atoms with van der Waals surface area (Å²) in [5.74, 6) is 0. The topological polar surface area (TPSA) is 34.6 Å². The molecule has 0 bridgehead atoms. The molecule has 10 aromatic rings. The fourth-order valence-corrected chi connectivity index (χ4v) is 11.1. The van der Waals surface area contributed by atoms with Gasteiger partial charge < -0.3 is 9.80 Å². The summed E-state index contributed by atoms with van der Waals surface area (Å²) in [5, 5.41) is 17.3. The van der Waals surface area contributed by atoms with Crippen LogP contribution in [0.5, 0.6) is 0 Å². The number of nitriles is 1. The molecule has 0 fully saturated rings. The number of hydrogen-bond acceptors (Lipinski definition) is 3. The summed E-state index contributed by atoms with van der Waals surface area (Å²) in [6, 6.07) is 68.0. The largest absolute Gasteiger partial charge is 0.310 e. The van der Waals surface area contributed by atoms with E-state index in [2.05, 4.69) is 214 Å². The lowest BCUT2D eigenvalue weighted by atomic mass is 9.67. The SMILES string of the molecule is [C-]#[N+]c1cc(C)c(N(c2ccccc2)c2ccc(-c3cc4c5cccc6c5c(cc4c4ccccc34)-c3ccc(N(c4ccccc4)c4c(C)cc(C#N)cc4C)cc3C6(C)C)cc2)c(C)c1. The van der Waals surface area contributed by atoms with E-state index in [0.717, 1.165) is 61.9 Å². The Morgan fingerprint density at radius 2 is 0.955 bits per heavy atom. The minimum atomic E-state index is -0.310. The first-order chi connectivity index (χ1) is 32.5. The van der Waals surface area contributed by atoms with Gasteiger partial charge in [0.2, 0.25) is 0 Å². The number of anilines is 6. The predicted molar refractivity (Wildman–Crippen MR) is 281 cm³/mol. The van der Waals surface area contributed by atoms with Crippen LogP contribution in [0.25, 0.3) is 59.4 Å². The standard InChI is InChI=1S/C63H48N4/c1-39-31-43(38-64)32-40(2)61(39)67(47-19-12-9-13-20-47)49-29-30-52-57-37-55-51-22-15-14-21-50(51)54(36-56(55)53-23-16-24-58(60(53)57)63(5,6)59(52)35-49)44-25-27-48(28-26-44)66(46-17-10-8-11-18-46)62-41(3)33-45(65-7)34-42(62)4/h8-37H,1-6H3. The van der Waals surface area contributed by atoms with E-state index in [4.69, 9.17) is 6.57 Å².